The van der Waals surface area contributed by atoms with E-state index in [2.05, 4.69) is 4.74 Å². The molecule has 0 unspecified atom stereocenters. The summed E-state index contributed by atoms with van der Waals surface area (Å²) in [5.41, 5.74) is 3.50. The summed E-state index contributed by atoms with van der Waals surface area (Å²) in [6.45, 7) is 5.16. The van der Waals surface area contributed by atoms with E-state index in [4.69, 9.17) is 9.47 Å². The van der Waals surface area contributed by atoms with E-state index in [9.17, 15) is 19.2 Å². The molecule has 2 amide bonds. The van der Waals surface area contributed by atoms with E-state index in [1.807, 2.05) is 48.5 Å². The van der Waals surface area contributed by atoms with Crippen molar-refractivity contribution in [3.05, 3.63) is 59.7 Å². The number of carbonyl (C=O) groups excluding carboxylic acids is 4. The first kappa shape index (κ1) is 22.5. The number of amides is 2. The van der Waals surface area contributed by atoms with Crippen LogP contribution in [0.3, 0.4) is 0 Å². The van der Waals surface area contributed by atoms with Crippen LogP contribution in [0.2, 0.25) is 0 Å². The molecule has 2 aromatic carbocycles. The van der Waals surface area contributed by atoms with Crippen molar-refractivity contribution < 1.29 is 33.4 Å². The number of benzene rings is 2. The molecule has 4 rings (SSSR count). The van der Waals surface area contributed by atoms with Crippen LogP contribution in [-0.4, -0.2) is 47.3 Å². The molecule has 2 aromatic rings. The van der Waals surface area contributed by atoms with Crippen LogP contribution in [0.4, 0.5) is 9.59 Å². The van der Waals surface area contributed by atoms with E-state index in [1.165, 1.54) is 0 Å². The molecule has 1 aliphatic carbocycles. The lowest BCUT2D eigenvalue weighted by Crippen LogP contribution is -2.41. The van der Waals surface area contributed by atoms with E-state index >= 15 is 0 Å². The zero-order valence-corrected chi connectivity index (χ0v) is 18.7. The van der Waals surface area contributed by atoms with Crippen LogP contribution >= 0.6 is 0 Å². The number of esters is 2. The zero-order valence-electron chi connectivity index (χ0n) is 18.7. The number of hydrogen-bond acceptors (Lipinski definition) is 7. The largest absolute Gasteiger partial charge is 0.460 e. The van der Waals surface area contributed by atoms with E-state index in [-0.39, 0.29) is 25.4 Å². The molecule has 0 N–H and O–H groups in total. The predicted octanol–water partition coefficient (Wildman–Crippen LogP) is 4.40. The van der Waals surface area contributed by atoms with Gasteiger partial charge >= 0.3 is 24.1 Å². The molecule has 2 aliphatic rings. The Kier molecular flexibility index (Phi) is 5.93. The molecule has 0 saturated carbocycles. The highest BCUT2D eigenvalue weighted by Crippen LogP contribution is 2.44. The number of ether oxygens (including phenoxy) is 3. The van der Waals surface area contributed by atoms with Crippen LogP contribution in [0.1, 0.15) is 50.7 Å². The Hall–Kier alpha value is -3.68. The van der Waals surface area contributed by atoms with Gasteiger partial charge in [-0.3, -0.25) is 4.79 Å². The van der Waals surface area contributed by atoms with Crippen LogP contribution in [-0.2, 0) is 23.8 Å². The fourth-order valence-electron chi connectivity index (χ4n) is 4.20. The van der Waals surface area contributed by atoms with Crippen molar-refractivity contribution >= 4 is 24.1 Å². The van der Waals surface area contributed by atoms with Gasteiger partial charge in [0.25, 0.3) is 0 Å². The van der Waals surface area contributed by atoms with Crippen LogP contribution in [0.15, 0.2) is 48.5 Å². The Morgan fingerprint density at radius 3 is 2.12 bits per heavy atom. The minimum Gasteiger partial charge on any atom is -0.460 e. The molecule has 172 valence electrons. The molecule has 1 fully saturated rings. The lowest BCUT2D eigenvalue weighted by atomic mass is 9.98. The number of cyclic esters (lactones) is 2. The van der Waals surface area contributed by atoms with Gasteiger partial charge in [-0.2, -0.15) is 4.90 Å². The van der Waals surface area contributed by atoms with Gasteiger partial charge in [-0.1, -0.05) is 48.5 Å². The molecular formula is C25H25NO7. The molecule has 0 bridgehead atoms. The first-order valence-corrected chi connectivity index (χ1v) is 10.8. The second-order valence-electron chi connectivity index (χ2n) is 9.00. The standard InChI is InChI=1S/C25H25NO7/c1-25(2,3)33-21(27)13-12-20-22(28)32-24(30)26(20)23(29)31-14-19-17-10-6-4-8-15(17)16-9-5-7-11-18(16)19/h4-11,19-20H,12-14H2,1-3H3/t20-/m0/s1. The molecule has 33 heavy (non-hydrogen) atoms. The van der Waals surface area contributed by atoms with Crippen molar-refractivity contribution in [3.63, 3.8) is 0 Å². The van der Waals surface area contributed by atoms with Crippen molar-refractivity contribution in [2.45, 2.75) is 51.2 Å². The van der Waals surface area contributed by atoms with Gasteiger partial charge in [-0.15, -0.1) is 0 Å². The third-order valence-electron chi connectivity index (χ3n) is 5.54. The average Bonchev–Trinajstić information content (AvgIpc) is 3.22. The molecule has 0 aromatic heterocycles. The maximum atomic E-state index is 12.8. The van der Waals surface area contributed by atoms with E-state index in [0.29, 0.717) is 4.90 Å². The second-order valence-corrected chi connectivity index (χ2v) is 9.00. The number of fused-ring (bicyclic) bond motifs is 3. The number of imide groups is 1. The second kappa shape index (κ2) is 8.69. The monoisotopic (exact) mass is 451 g/mol. The summed E-state index contributed by atoms with van der Waals surface area (Å²) in [5.74, 6) is -1.63. The van der Waals surface area contributed by atoms with Crippen LogP contribution in [0.25, 0.3) is 11.1 Å². The van der Waals surface area contributed by atoms with Crippen LogP contribution in [0, 0.1) is 0 Å². The topological polar surface area (TPSA) is 99.2 Å². The van der Waals surface area contributed by atoms with Gasteiger partial charge in [0, 0.05) is 12.3 Å². The molecule has 1 saturated heterocycles. The maximum Gasteiger partial charge on any atom is 0.427 e. The van der Waals surface area contributed by atoms with Gasteiger partial charge < -0.3 is 14.2 Å². The van der Waals surface area contributed by atoms with Crippen LogP contribution < -0.4 is 0 Å². The summed E-state index contributed by atoms with van der Waals surface area (Å²) in [4.78, 5) is 49.8. The predicted molar refractivity (Wildman–Crippen MR) is 117 cm³/mol. The SMILES string of the molecule is CC(C)(C)OC(=O)CC[C@H]1C(=O)OC(=O)N1C(=O)OCC1c2ccccc2-c2ccccc21. The Morgan fingerprint density at radius 1 is 0.970 bits per heavy atom. The quantitative estimate of drug-likeness (QED) is 0.377. The fourth-order valence-corrected chi connectivity index (χ4v) is 4.20. The maximum absolute atomic E-state index is 12.8. The lowest BCUT2D eigenvalue weighted by molar-refractivity contribution is -0.155. The van der Waals surface area contributed by atoms with Crippen molar-refractivity contribution in [2.24, 2.45) is 0 Å². The van der Waals surface area contributed by atoms with Gasteiger partial charge in [0.15, 0.2) is 0 Å². The van der Waals surface area contributed by atoms with Crippen molar-refractivity contribution in [2.75, 3.05) is 6.61 Å². The van der Waals surface area contributed by atoms with Crippen LogP contribution in [0.5, 0.6) is 0 Å². The highest BCUT2D eigenvalue weighted by Gasteiger charge is 2.46. The molecule has 0 radical (unpaired) electrons. The molecular weight excluding hydrogens is 426 g/mol. The molecule has 8 heteroatoms. The van der Waals surface area contributed by atoms with Gasteiger partial charge in [0.05, 0.1) is 0 Å². The van der Waals surface area contributed by atoms with Crippen molar-refractivity contribution in [1.82, 2.24) is 4.90 Å². The Labute approximate surface area is 191 Å². The summed E-state index contributed by atoms with van der Waals surface area (Å²) in [7, 11) is 0. The smallest absolute Gasteiger partial charge is 0.427 e. The lowest BCUT2D eigenvalue weighted by Gasteiger charge is -2.21. The molecule has 0 spiro atoms. The van der Waals surface area contributed by atoms with Crippen molar-refractivity contribution in [3.8, 4) is 11.1 Å². The average molecular weight is 451 g/mol. The summed E-state index contributed by atoms with van der Waals surface area (Å²) in [5, 5.41) is 0. The molecule has 8 nitrogen and oxygen atoms in total. The van der Waals surface area contributed by atoms with E-state index < -0.39 is 35.8 Å². The fraction of sp³-hybridized carbons (Fsp3) is 0.360. The number of rotatable bonds is 5. The summed E-state index contributed by atoms with van der Waals surface area (Å²) < 4.78 is 15.3. The Bertz CT molecular complexity index is 1070. The first-order valence-electron chi connectivity index (χ1n) is 10.8. The third kappa shape index (κ3) is 4.60. The highest BCUT2D eigenvalue weighted by molar-refractivity contribution is 6.04. The number of nitrogens with zero attached hydrogens (tertiary/aromatic N) is 1. The van der Waals surface area contributed by atoms with Gasteiger partial charge in [0.1, 0.15) is 18.2 Å². The normalized spacial score (nSPS) is 17.4. The minimum atomic E-state index is -1.24. The summed E-state index contributed by atoms with van der Waals surface area (Å²) in [6, 6.07) is 14.5. The van der Waals surface area contributed by atoms with Gasteiger partial charge in [0.2, 0.25) is 0 Å². The zero-order chi connectivity index (χ0) is 23.8. The summed E-state index contributed by atoms with van der Waals surface area (Å²) >= 11 is 0. The van der Waals surface area contributed by atoms with Gasteiger partial charge in [-0.25, -0.2) is 14.4 Å². The molecule has 1 aliphatic heterocycles. The number of carbonyl (C=O) groups is 4. The van der Waals surface area contributed by atoms with E-state index in [0.717, 1.165) is 22.3 Å². The molecule has 1 heterocycles. The highest BCUT2D eigenvalue weighted by atomic mass is 16.6. The molecule has 1 atom stereocenters. The Balaban J connectivity index is 1.45. The summed E-state index contributed by atoms with van der Waals surface area (Å²) in [6.07, 6.45) is -2.35. The van der Waals surface area contributed by atoms with Crippen molar-refractivity contribution in [1.29, 1.82) is 0 Å². The number of hydrogen-bond donors (Lipinski definition) is 0. The Morgan fingerprint density at radius 2 is 1.55 bits per heavy atom. The minimum absolute atomic E-state index is 0.0103. The van der Waals surface area contributed by atoms with Gasteiger partial charge in [-0.05, 0) is 49.4 Å². The third-order valence-corrected chi connectivity index (χ3v) is 5.54. The first-order chi connectivity index (χ1) is 15.7. The van der Waals surface area contributed by atoms with E-state index in [1.54, 1.807) is 20.8 Å².